The first-order valence-electron chi connectivity index (χ1n) is 11.5. The second-order valence-corrected chi connectivity index (χ2v) is 9.18. The van der Waals surface area contributed by atoms with Crippen molar-refractivity contribution < 1.29 is 4.79 Å². The first kappa shape index (κ1) is 19.4. The minimum absolute atomic E-state index is 0.0564. The second-order valence-electron chi connectivity index (χ2n) is 9.18. The van der Waals surface area contributed by atoms with Crippen molar-refractivity contribution >= 4 is 22.5 Å². The molecule has 4 aromatic rings. The van der Waals surface area contributed by atoms with Crippen LogP contribution in [0.1, 0.15) is 54.2 Å². The molecule has 0 aromatic carbocycles. The summed E-state index contributed by atoms with van der Waals surface area (Å²) in [4.78, 5) is 28.0. The number of nitrogens with one attached hydrogen (secondary N) is 2. The second kappa shape index (κ2) is 7.70. The normalized spacial score (nSPS) is 18.3. The van der Waals surface area contributed by atoms with Gasteiger partial charge >= 0.3 is 0 Å². The van der Waals surface area contributed by atoms with Crippen LogP contribution in [-0.4, -0.2) is 61.6 Å². The number of amides is 1. The van der Waals surface area contributed by atoms with E-state index in [1.165, 1.54) is 19.3 Å². The van der Waals surface area contributed by atoms with Gasteiger partial charge in [0.05, 0.1) is 17.3 Å². The van der Waals surface area contributed by atoms with Crippen LogP contribution in [0.5, 0.6) is 0 Å². The summed E-state index contributed by atoms with van der Waals surface area (Å²) in [5, 5.41) is 8.59. The van der Waals surface area contributed by atoms with E-state index in [0.717, 1.165) is 59.4 Å². The van der Waals surface area contributed by atoms with E-state index in [0.29, 0.717) is 11.5 Å². The number of aromatic nitrogens is 5. The molecule has 2 N–H and O–H groups in total. The monoisotopic (exact) mass is 429 g/mol. The predicted molar refractivity (Wildman–Crippen MR) is 123 cm³/mol. The van der Waals surface area contributed by atoms with Crippen molar-refractivity contribution in [3.05, 3.63) is 48.3 Å². The van der Waals surface area contributed by atoms with Gasteiger partial charge in [0.15, 0.2) is 0 Å². The molecule has 2 fully saturated rings. The number of hydrogen-bond donors (Lipinski definition) is 2. The summed E-state index contributed by atoms with van der Waals surface area (Å²) in [7, 11) is 2.12. The molecule has 32 heavy (non-hydrogen) atoms. The highest BCUT2D eigenvalue weighted by molar-refractivity contribution is 6.02. The van der Waals surface area contributed by atoms with Crippen LogP contribution >= 0.6 is 0 Å². The van der Waals surface area contributed by atoms with Crippen LogP contribution in [0.2, 0.25) is 0 Å². The third-order valence-electron chi connectivity index (χ3n) is 7.05. The van der Waals surface area contributed by atoms with Crippen molar-refractivity contribution in [3.8, 4) is 11.1 Å². The van der Waals surface area contributed by atoms with Crippen molar-refractivity contribution in [2.24, 2.45) is 0 Å². The molecule has 1 saturated heterocycles. The minimum atomic E-state index is -0.0564. The molecule has 0 unspecified atom stereocenters. The summed E-state index contributed by atoms with van der Waals surface area (Å²) in [6, 6.07) is 4.26. The lowest BCUT2D eigenvalue weighted by molar-refractivity contribution is 0.0918. The Morgan fingerprint density at radius 2 is 2.03 bits per heavy atom. The number of rotatable bonds is 4. The molecule has 1 saturated carbocycles. The quantitative estimate of drug-likeness (QED) is 0.519. The maximum Gasteiger partial charge on any atom is 0.255 e. The fourth-order valence-electron chi connectivity index (χ4n) is 4.76. The lowest BCUT2D eigenvalue weighted by atomic mass is 9.85. The van der Waals surface area contributed by atoms with Crippen LogP contribution in [0, 0.1) is 0 Å². The van der Waals surface area contributed by atoms with Gasteiger partial charge in [-0.1, -0.05) is 6.42 Å². The Bertz CT molecular complexity index is 1290. The van der Waals surface area contributed by atoms with Crippen LogP contribution in [0.3, 0.4) is 0 Å². The molecule has 5 heterocycles. The number of piperidine rings is 1. The Morgan fingerprint density at radius 1 is 1.19 bits per heavy atom. The highest BCUT2D eigenvalue weighted by Crippen LogP contribution is 2.36. The Balaban J connectivity index is 1.30. The van der Waals surface area contributed by atoms with Gasteiger partial charge in [-0.05, 0) is 63.5 Å². The molecular weight excluding hydrogens is 402 g/mol. The molecule has 0 spiro atoms. The van der Waals surface area contributed by atoms with Crippen molar-refractivity contribution in [1.29, 1.82) is 0 Å². The molecule has 1 aliphatic carbocycles. The summed E-state index contributed by atoms with van der Waals surface area (Å²) in [6.07, 6.45) is 13.0. The van der Waals surface area contributed by atoms with Crippen molar-refractivity contribution in [3.63, 3.8) is 0 Å². The fourth-order valence-corrected chi connectivity index (χ4v) is 4.76. The molecule has 164 valence electrons. The highest BCUT2D eigenvalue weighted by Gasteiger charge is 2.24. The SMILES string of the molecule is CN1CCC(NC(=O)c2cnn3ccc(-c4c[nH]c5nc(C6CCC6)ncc45)cc23)CC1. The fraction of sp³-hybridized carbons (Fsp3) is 0.417. The van der Waals surface area contributed by atoms with E-state index >= 15 is 0 Å². The van der Waals surface area contributed by atoms with E-state index in [-0.39, 0.29) is 11.9 Å². The van der Waals surface area contributed by atoms with Crippen LogP contribution < -0.4 is 5.32 Å². The van der Waals surface area contributed by atoms with E-state index in [4.69, 9.17) is 4.98 Å². The van der Waals surface area contributed by atoms with E-state index in [2.05, 4.69) is 32.3 Å². The summed E-state index contributed by atoms with van der Waals surface area (Å²) in [5.74, 6) is 1.38. The number of fused-ring (bicyclic) bond motifs is 2. The Labute approximate surface area is 186 Å². The molecule has 8 nitrogen and oxygen atoms in total. The molecule has 6 rings (SSSR count). The summed E-state index contributed by atoms with van der Waals surface area (Å²) in [6.45, 7) is 2.02. The average Bonchev–Trinajstić information content (AvgIpc) is 3.37. The molecular formula is C24H27N7O. The van der Waals surface area contributed by atoms with Crippen molar-refractivity contribution in [2.45, 2.75) is 44.1 Å². The summed E-state index contributed by atoms with van der Waals surface area (Å²) in [5.41, 5.74) is 4.32. The Kier molecular flexibility index (Phi) is 4.68. The minimum Gasteiger partial charge on any atom is -0.349 e. The molecule has 2 aliphatic rings. The Morgan fingerprint density at radius 3 is 2.81 bits per heavy atom. The summed E-state index contributed by atoms with van der Waals surface area (Å²) < 4.78 is 1.76. The van der Waals surface area contributed by atoms with Gasteiger partial charge < -0.3 is 15.2 Å². The van der Waals surface area contributed by atoms with Gasteiger partial charge in [-0.2, -0.15) is 5.10 Å². The maximum absolute atomic E-state index is 13.0. The molecule has 0 radical (unpaired) electrons. The van der Waals surface area contributed by atoms with E-state index < -0.39 is 0 Å². The molecule has 4 aromatic heterocycles. The van der Waals surface area contributed by atoms with Gasteiger partial charge in [-0.3, -0.25) is 4.79 Å². The van der Waals surface area contributed by atoms with Crippen LogP contribution in [-0.2, 0) is 0 Å². The zero-order valence-electron chi connectivity index (χ0n) is 18.2. The largest absolute Gasteiger partial charge is 0.349 e. The van der Waals surface area contributed by atoms with E-state index in [1.807, 2.05) is 30.7 Å². The molecule has 0 atom stereocenters. The number of carbonyl (C=O) groups excluding carboxylic acids is 1. The lowest BCUT2D eigenvalue weighted by Gasteiger charge is -2.29. The average molecular weight is 430 g/mol. The third-order valence-corrected chi connectivity index (χ3v) is 7.05. The number of carbonyl (C=O) groups is 1. The molecule has 1 aliphatic heterocycles. The standard InChI is InChI=1S/C24H27N7O/c1-30-8-6-17(7-9-30)28-24(32)20-14-27-31-10-5-16(11-21(20)31)18-12-26-23-19(18)13-25-22(29-23)15-3-2-4-15/h5,10-15,17H,2-4,6-9H2,1H3,(H,28,32)(H,25,26,29). The number of aromatic amines is 1. The van der Waals surface area contributed by atoms with Crippen LogP contribution in [0.15, 0.2) is 36.9 Å². The number of hydrogen-bond acceptors (Lipinski definition) is 5. The Hall–Kier alpha value is -3.26. The molecule has 1 amide bonds. The molecule has 0 bridgehead atoms. The zero-order valence-corrected chi connectivity index (χ0v) is 18.2. The highest BCUT2D eigenvalue weighted by atomic mass is 16.1. The summed E-state index contributed by atoms with van der Waals surface area (Å²) >= 11 is 0. The van der Waals surface area contributed by atoms with Gasteiger partial charge in [0.2, 0.25) is 0 Å². The van der Waals surface area contributed by atoms with Crippen molar-refractivity contribution in [2.75, 3.05) is 20.1 Å². The van der Waals surface area contributed by atoms with Gasteiger partial charge in [0.1, 0.15) is 11.5 Å². The predicted octanol–water partition coefficient (Wildman–Crippen LogP) is 3.36. The zero-order chi connectivity index (χ0) is 21.7. The van der Waals surface area contributed by atoms with Gasteiger partial charge in [-0.15, -0.1) is 0 Å². The molecule has 8 heteroatoms. The number of H-pyrrole nitrogens is 1. The number of likely N-dealkylation sites (tertiary alicyclic amines) is 1. The third kappa shape index (κ3) is 3.35. The van der Waals surface area contributed by atoms with E-state index in [1.54, 1.807) is 10.7 Å². The smallest absolute Gasteiger partial charge is 0.255 e. The number of nitrogens with zero attached hydrogens (tertiary/aromatic N) is 5. The van der Waals surface area contributed by atoms with Crippen LogP contribution in [0.25, 0.3) is 27.7 Å². The maximum atomic E-state index is 13.0. The van der Waals surface area contributed by atoms with Gasteiger partial charge in [0.25, 0.3) is 5.91 Å². The van der Waals surface area contributed by atoms with Crippen molar-refractivity contribution in [1.82, 2.24) is 34.8 Å². The number of pyridine rings is 1. The first-order valence-corrected chi connectivity index (χ1v) is 11.5. The van der Waals surface area contributed by atoms with Crippen LogP contribution in [0.4, 0.5) is 0 Å². The topological polar surface area (TPSA) is 91.2 Å². The lowest BCUT2D eigenvalue weighted by Crippen LogP contribution is -2.43. The van der Waals surface area contributed by atoms with Gasteiger partial charge in [-0.25, -0.2) is 14.5 Å². The van der Waals surface area contributed by atoms with E-state index in [9.17, 15) is 4.79 Å². The van der Waals surface area contributed by atoms with Gasteiger partial charge in [0, 0.05) is 41.5 Å². The first-order chi connectivity index (χ1) is 15.7.